The molecule has 0 saturated heterocycles. The van der Waals surface area contributed by atoms with Gasteiger partial charge in [-0.25, -0.2) is 4.39 Å². The van der Waals surface area contributed by atoms with Gasteiger partial charge in [0.2, 0.25) is 0 Å². The number of aromatic amines is 1. The van der Waals surface area contributed by atoms with E-state index in [2.05, 4.69) is 16.3 Å². The molecule has 0 aliphatic carbocycles. The highest BCUT2D eigenvalue weighted by atomic mass is 19.1. The first kappa shape index (κ1) is 14.6. The van der Waals surface area contributed by atoms with Crippen LogP contribution >= 0.6 is 0 Å². The minimum Gasteiger partial charge on any atom is -0.304 e. The zero-order valence-electron chi connectivity index (χ0n) is 13.2. The van der Waals surface area contributed by atoms with E-state index in [0.717, 1.165) is 17.7 Å². The molecule has 1 aromatic heterocycles. The van der Waals surface area contributed by atoms with Gasteiger partial charge in [0, 0.05) is 17.3 Å². The lowest BCUT2D eigenvalue weighted by Crippen LogP contribution is -2.35. The lowest BCUT2D eigenvalue weighted by molar-refractivity contribution is 0.0976. The maximum Gasteiger partial charge on any atom is 0.276 e. The van der Waals surface area contributed by atoms with Gasteiger partial charge in [-0.2, -0.15) is 5.10 Å². The number of nitrogens with one attached hydrogen (secondary N) is 1. The highest BCUT2D eigenvalue weighted by Crippen LogP contribution is 2.33. The van der Waals surface area contributed by atoms with Crippen molar-refractivity contribution in [2.45, 2.75) is 19.4 Å². The monoisotopic (exact) mass is 321 g/mol. The highest BCUT2D eigenvalue weighted by Gasteiger charge is 2.32. The summed E-state index contributed by atoms with van der Waals surface area (Å²) in [6, 6.07) is 15.8. The van der Waals surface area contributed by atoms with Gasteiger partial charge < -0.3 is 4.90 Å². The second-order valence-electron chi connectivity index (χ2n) is 6.03. The van der Waals surface area contributed by atoms with Gasteiger partial charge in [0.25, 0.3) is 5.91 Å². The summed E-state index contributed by atoms with van der Waals surface area (Å²) >= 11 is 0. The zero-order chi connectivity index (χ0) is 16.7. The van der Waals surface area contributed by atoms with Crippen LogP contribution in [0.4, 0.5) is 10.1 Å². The maximum atomic E-state index is 13.0. The number of para-hydroxylation sites is 1. The van der Waals surface area contributed by atoms with Gasteiger partial charge in [-0.1, -0.05) is 18.2 Å². The lowest BCUT2D eigenvalue weighted by Gasteiger charge is -2.21. The van der Waals surface area contributed by atoms with E-state index in [4.69, 9.17) is 0 Å². The Hall–Kier alpha value is -2.95. The van der Waals surface area contributed by atoms with E-state index >= 15 is 0 Å². The van der Waals surface area contributed by atoms with Crippen molar-refractivity contribution in [2.75, 3.05) is 4.90 Å². The summed E-state index contributed by atoms with van der Waals surface area (Å²) < 4.78 is 13.0. The molecule has 1 atom stereocenters. The third-order valence-electron chi connectivity index (χ3n) is 4.37. The highest BCUT2D eigenvalue weighted by molar-refractivity contribution is 6.07. The van der Waals surface area contributed by atoms with Crippen molar-refractivity contribution in [2.24, 2.45) is 0 Å². The Labute approximate surface area is 138 Å². The Morgan fingerprint density at radius 1 is 1.21 bits per heavy atom. The van der Waals surface area contributed by atoms with Crippen molar-refractivity contribution >= 4 is 11.6 Å². The first-order valence-electron chi connectivity index (χ1n) is 7.86. The molecule has 4 rings (SSSR count). The van der Waals surface area contributed by atoms with Crippen LogP contribution in [-0.2, 0) is 6.42 Å². The molecular formula is C19H16FN3O. The molecule has 0 fully saturated rings. The summed E-state index contributed by atoms with van der Waals surface area (Å²) in [4.78, 5) is 14.7. The van der Waals surface area contributed by atoms with Crippen LogP contribution in [0.2, 0.25) is 0 Å². The SMILES string of the molecule is C[C@H]1Cc2ccccc2N1C(=O)c1cc(-c2ccc(F)cc2)n[nH]1. The molecule has 0 bridgehead atoms. The average Bonchev–Trinajstić information content (AvgIpc) is 3.19. The molecule has 4 nitrogen and oxygen atoms in total. The van der Waals surface area contributed by atoms with E-state index in [-0.39, 0.29) is 17.8 Å². The Balaban J connectivity index is 1.65. The van der Waals surface area contributed by atoms with Crippen molar-refractivity contribution in [1.29, 1.82) is 0 Å². The molecule has 5 heteroatoms. The molecule has 1 N–H and O–H groups in total. The second-order valence-corrected chi connectivity index (χ2v) is 6.03. The van der Waals surface area contributed by atoms with Gasteiger partial charge in [-0.3, -0.25) is 9.89 Å². The molecule has 0 unspecified atom stereocenters. The lowest BCUT2D eigenvalue weighted by atomic mass is 10.1. The van der Waals surface area contributed by atoms with Crippen LogP contribution in [0.3, 0.4) is 0 Å². The van der Waals surface area contributed by atoms with Crippen molar-refractivity contribution in [3.63, 3.8) is 0 Å². The van der Waals surface area contributed by atoms with Gasteiger partial charge in [0.15, 0.2) is 0 Å². The minimum atomic E-state index is -0.298. The number of amides is 1. The topological polar surface area (TPSA) is 49.0 Å². The number of halogens is 1. The van der Waals surface area contributed by atoms with E-state index in [1.165, 1.54) is 17.7 Å². The van der Waals surface area contributed by atoms with Gasteiger partial charge >= 0.3 is 0 Å². The molecule has 1 amide bonds. The number of fused-ring (bicyclic) bond motifs is 1. The fraction of sp³-hybridized carbons (Fsp3) is 0.158. The standard InChI is InChI=1S/C19H16FN3O/c1-12-10-14-4-2-3-5-18(14)23(12)19(24)17-11-16(21-22-17)13-6-8-15(20)9-7-13/h2-9,11-12H,10H2,1H3,(H,21,22)/t12-/m0/s1. The van der Waals surface area contributed by atoms with Crippen LogP contribution < -0.4 is 4.90 Å². The summed E-state index contributed by atoms with van der Waals surface area (Å²) in [5, 5.41) is 7.01. The molecule has 0 spiro atoms. The largest absolute Gasteiger partial charge is 0.304 e. The number of aromatic nitrogens is 2. The van der Waals surface area contributed by atoms with Gasteiger partial charge in [0.1, 0.15) is 11.5 Å². The van der Waals surface area contributed by atoms with E-state index in [0.29, 0.717) is 11.4 Å². The number of carbonyl (C=O) groups is 1. The number of rotatable bonds is 2. The molecule has 1 aliphatic heterocycles. The Morgan fingerprint density at radius 3 is 2.75 bits per heavy atom. The van der Waals surface area contributed by atoms with E-state index in [1.54, 1.807) is 23.1 Å². The van der Waals surface area contributed by atoms with Crippen LogP contribution in [0.15, 0.2) is 54.6 Å². The van der Waals surface area contributed by atoms with Crippen molar-refractivity contribution in [3.05, 3.63) is 71.7 Å². The Bertz CT molecular complexity index is 901. The number of anilines is 1. The third-order valence-corrected chi connectivity index (χ3v) is 4.37. The summed E-state index contributed by atoms with van der Waals surface area (Å²) in [5.74, 6) is -0.401. The normalized spacial score (nSPS) is 16.2. The molecule has 2 heterocycles. The van der Waals surface area contributed by atoms with E-state index in [1.807, 2.05) is 25.1 Å². The number of hydrogen-bond acceptors (Lipinski definition) is 2. The fourth-order valence-electron chi connectivity index (χ4n) is 3.20. The molecule has 24 heavy (non-hydrogen) atoms. The van der Waals surface area contributed by atoms with Crippen LogP contribution in [0.5, 0.6) is 0 Å². The predicted octanol–water partition coefficient (Wildman–Crippen LogP) is 3.81. The van der Waals surface area contributed by atoms with E-state index in [9.17, 15) is 9.18 Å². The number of H-pyrrole nitrogens is 1. The summed E-state index contributed by atoms with van der Waals surface area (Å²) in [7, 11) is 0. The van der Waals surface area contributed by atoms with Crippen LogP contribution in [-0.4, -0.2) is 22.1 Å². The van der Waals surface area contributed by atoms with Crippen molar-refractivity contribution < 1.29 is 9.18 Å². The third kappa shape index (κ3) is 2.38. The average molecular weight is 321 g/mol. The number of hydrogen-bond donors (Lipinski definition) is 1. The first-order chi connectivity index (χ1) is 11.6. The molecule has 1 aliphatic rings. The number of benzene rings is 2. The van der Waals surface area contributed by atoms with Crippen LogP contribution in [0.25, 0.3) is 11.3 Å². The number of nitrogens with zero attached hydrogens (tertiary/aromatic N) is 2. The van der Waals surface area contributed by atoms with Crippen molar-refractivity contribution in [1.82, 2.24) is 10.2 Å². The fourth-order valence-corrected chi connectivity index (χ4v) is 3.20. The Morgan fingerprint density at radius 2 is 1.96 bits per heavy atom. The quantitative estimate of drug-likeness (QED) is 0.780. The molecule has 0 radical (unpaired) electrons. The van der Waals surface area contributed by atoms with Crippen LogP contribution in [0.1, 0.15) is 23.0 Å². The molecule has 2 aromatic carbocycles. The molecule has 120 valence electrons. The molecule has 0 saturated carbocycles. The second kappa shape index (κ2) is 5.60. The Kier molecular flexibility index (Phi) is 3.41. The summed E-state index contributed by atoms with van der Waals surface area (Å²) in [6.07, 6.45) is 0.848. The van der Waals surface area contributed by atoms with Crippen LogP contribution in [0, 0.1) is 5.82 Å². The molecule has 3 aromatic rings. The summed E-state index contributed by atoms with van der Waals surface area (Å²) in [6.45, 7) is 2.04. The van der Waals surface area contributed by atoms with Gasteiger partial charge in [-0.05, 0) is 55.3 Å². The minimum absolute atomic E-state index is 0.103. The summed E-state index contributed by atoms with van der Waals surface area (Å²) in [5.41, 5.74) is 3.95. The molecular weight excluding hydrogens is 305 g/mol. The van der Waals surface area contributed by atoms with Gasteiger partial charge in [0.05, 0.1) is 5.69 Å². The predicted molar refractivity (Wildman–Crippen MR) is 90.4 cm³/mol. The van der Waals surface area contributed by atoms with E-state index < -0.39 is 0 Å². The maximum absolute atomic E-state index is 13.0. The smallest absolute Gasteiger partial charge is 0.276 e. The first-order valence-corrected chi connectivity index (χ1v) is 7.86. The zero-order valence-corrected chi connectivity index (χ0v) is 13.2. The van der Waals surface area contributed by atoms with Gasteiger partial charge in [-0.15, -0.1) is 0 Å². The number of carbonyl (C=O) groups excluding carboxylic acids is 1. The van der Waals surface area contributed by atoms with Crippen molar-refractivity contribution in [3.8, 4) is 11.3 Å².